The minimum absolute atomic E-state index is 0.170. The first kappa shape index (κ1) is 17.6. The lowest BCUT2D eigenvalue weighted by molar-refractivity contribution is -0.143. The maximum atomic E-state index is 12.3. The molecule has 0 saturated heterocycles. The molecule has 0 atom stereocenters. The summed E-state index contributed by atoms with van der Waals surface area (Å²) < 4.78 is 1.74. The second kappa shape index (κ2) is 6.26. The van der Waals surface area contributed by atoms with E-state index < -0.39 is 0 Å². The number of hydrogen-bond acceptors (Lipinski definition) is 6. The molecule has 0 unspecified atom stereocenters. The van der Waals surface area contributed by atoms with Crippen molar-refractivity contribution >= 4 is 28.5 Å². The highest BCUT2D eigenvalue weighted by Gasteiger charge is 2.47. The molecule has 0 aliphatic heterocycles. The van der Waals surface area contributed by atoms with Gasteiger partial charge in [-0.05, 0) is 25.0 Å². The zero-order valence-corrected chi connectivity index (χ0v) is 16.5. The highest BCUT2D eigenvalue weighted by Crippen LogP contribution is 2.43. The Morgan fingerprint density at radius 2 is 2.14 bits per heavy atom. The number of aromatic nitrogens is 6. The molecule has 9 nitrogen and oxygen atoms in total. The third-order valence-electron chi connectivity index (χ3n) is 5.61. The Kier molecular flexibility index (Phi) is 3.80. The molecular formula is C20H22N8O. The number of nitrogens with zero attached hydrogens (tertiary/aromatic N) is 6. The summed E-state index contributed by atoms with van der Waals surface area (Å²) in [7, 11) is 3.60. The van der Waals surface area contributed by atoms with E-state index >= 15 is 0 Å². The van der Waals surface area contributed by atoms with Gasteiger partial charge in [-0.2, -0.15) is 10.1 Å². The van der Waals surface area contributed by atoms with Gasteiger partial charge in [0, 0.05) is 55.9 Å². The molecule has 2 N–H and O–H groups in total. The Morgan fingerprint density at radius 3 is 2.93 bits per heavy atom. The van der Waals surface area contributed by atoms with E-state index in [4.69, 9.17) is 0 Å². The second-order valence-electron chi connectivity index (χ2n) is 8.12. The van der Waals surface area contributed by atoms with Gasteiger partial charge < -0.3 is 15.2 Å². The van der Waals surface area contributed by atoms with Gasteiger partial charge in [-0.15, -0.1) is 0 Å². The number of fused-ring (bicyclic) bond motifs is 2. The smallest absolute Gasteiger partial charge is 0.228 e. The summed E-state index contributed by atoms with van der Waals surface area (Å²) in [4.78, 5) is 30.5. The molecule has 29 heavy (non-hydrogen) atoms. The van der Waals surface area contributed by atoms with Crippen molar-refractivity contribution in [1.82, 2.24) is 34.4 Å². The number of nitrogens with one attached hydrogen (secondary N) is 2. The van der Waals surface area contributed by atoms with E-state index in [9.17, 15) is 4.79 Å². The standard InChI is InChI=1S/C20H22N8O/c1-20(18(29)27(2)3)8-12(9-20)24-19-23-11-14-13(10-22-17(14)25-19)15-4-5-16-21-6-7-28(16)26-15/h4-7,10-12H,8-9H2,1-3H3,(H2,22,23,24,25)/t12-,20-. The van der Waals surface area contributed by atoms with Crippen LogP contribution in [0.5, 0.6) is 0 Å². The Hall–Kier alpha value is -3.49. The third-order valence-corrected chi connectivity index (χ3v) is 5.61. The summed E-state index contributed by atoms with van der Waals surface area (Å²) in [6.07, 6.45) is 8.79. The third kappa shape index (κ3) is 2.89. The van der Waals surface area contributed by atoms with Crippen molar-refractivity contribution in [2.45, 2.75) is 25.8 Å². The van der Waals surface area contributed by atoms with E-state index in [0.717, 1.165) is 40.8 Å². The molecule has 0 radical (unpaired) electrons. The molecule has 9 heteroatoms. The summed E-state index contributed by atoms with van der Waals surface area (Å²) in [5.74, 6) is 0.733. The minimum atomic E-state index is -0.303. The van der Waals surface area contributed by atoms with Gasteiger partial charge in [-0.1, -0.05) is 6.92 Å². The fraction of sp³-hybridized carbons (Fsp3) is 0.350. The van der Waals surface area contributed by atoms with Crippen LogP contribution in [-0.2, 0) is 4.79 Å². The van der Waals surface area contributed by atoms with E-state index in [0.29, 0.717) is 5.95 Å². The molecule has 148 valence electrons. The SMILES string of the molecule is CN(C)C(=O)[C@]1(C)C[C@@H](Nc2ncc3c(-c4ccc5nccn5n4)c[nH]c3n2)C1. The van der Waals surface area contributed by atoms with Crippen LogP contribution in [0.2, 0.25) is 0 Å². The van der Waals surface area contributed by atoms with Crippen LogP contribution in [0.4, 0.5) is 5.95 Å². The summed E-state index contributed by atoms with van der Waals surface area (Å²) in [6, 6.07) is 4.07. The summed E-state index contributed by atoms with van der Waals surface area (Å²) in [5.41, 5.74) is 3.01. The molecule has 1 saturated carbocycles. The van der Waals surface area contributed by atoms with Crippen molar-refractivity contribution in [3.05, 3.63) is 36.9 Å². The van der Waals surface area contributed by atoms with Crippen LogP contribution < -0.4 is 5.32 Å². The molecule has 5 rings (SSSR count). The normalized spacial score (nSPS) is 21.3. The van der Waals surface area contributed by atoms with E-state index in [2.05, 4.69) is 30.4 Å². The fourth-order valence-electron chi connectivity index (χ4n) is 4.17. The van der Waals surface area contributed by atoms with Crippen molar-refractivity contribution in [3.8, 4) is 11.3 Å². The first-order valence-corrected chi connectivity index (χ1v) is 9.56. The van der Waals surface area contributed by atoms with E-state index in [-0.39, 0.29) is 17.4 Å². The first-order valence-electron chi connectivity index (χ1n) is 9.56. The minimum Gasteiger partial charge on any atom is -0.351 e. The van der Waals surface area contributed by atoms with Crippen molar-refractivity contribution in [1.29, 1.82) is 0 Å². The largest absolute Gasteiger partial charge is 0.351 e. The number of imidazole rings is 1. The van der Waals surface area contributed by atoms with Crippen molar-refractivity contribution in [2.75, 3.05) is 19.4 Å². The molecule has 1 aliphatic rings. The zero-order chi connectivity index (χ0) is 20.2. The number of hydrogen-bond donors (Lipinski definition) is 2. The van der Waals surface area contributed by atoms with Gasteiger partial charge in [0.15, 0.2) is 5.65 Å². The second-order valence-corrected chi connectivity index (χ2v) is 8.12. The summed E-state index contributed by atoms with van der Waals surface area (Å²) in [5, 5.41) is 8.85. The van der Waals surface area contributed by atoms with E-state index in [1.54, 1.807) is 35.9 Å². The van der Waals surface area contributed by atoms with E-state index in [1.165, 1.54) is 0 Å². The lowest BCUT2D eigenvalue weighted by atomic mass is 9.66. The van der Waals surface area contributed by atoms with Gasteiger partial charge in [-0.3, -0.25) is 4.79 Å². The number of rotatable bonds is 4. The number of amides is 1. The van der Waals surface area contributed by atoms with Crippen LogP contribution in [0, 0.1) is 5.41 Å². The average Bonchev–Trinajstić information content (AvgIpc) is 3.31. The molecule has 1 fully saturated rings. The molecule has 4 heterocycles. The van der Waals surface area contributed by atoms with Crippen LogP contribution in [-0.4, -0.2) is 60.5 Å². The summed E-state index contributed by atoms with van der Waals surface area (Å²) >= 11 is 0. The van der Waals surface area contributed by atoms with Gasteiger partial charge >= 0.3 is 0 Å². The van der Waals surface area contributed by atoms with Gasteiger partial charge in [-0.25, -0.2) is 14.5 Å². The Balaban J connectivity index is 1.35. The zero-order valence-electron chi connectivity index (χ0n) is 16.5. The monoisotopic (exact) mass is 390 g/mol. The molecule has 4 aromatic heterocycles. The Labute approximate surface area is 167 Å². The predicted octanol–water partition coefficient (Wildman–Crippen LogP) is 2.34. The van der Waals surface area contributed by atoms with Crippen LogP contribution in [0.25, 0.3) is 27.9 Å². The lowest BCUT2D eigenvalue weighted by Gasteiger charge is -2.45. The number of H-pyrrole nitrogens is 1. The van der Waals surface area contributed by atoms with Crippen molar-refractivity contribution in [3.63, 3.8) is 0 Å². The topological polar surface area (TPSA) is 104 Å². The van der Waals surface area contributed by atoms with Crippen molar-refractivity contribution < 1.29 is 4.79 Å². The van der Waals surface area contributed by atoms with Gasteiger partial charge in [0.05, 0.1) is 11.1 Å². The quantitative estimate of drug-likeness (QED) is 0.554. The van der Waals surface area contributed by atoms with E-state index in [1.807, 2.05) is 31.5 Å². The van der Waals surface area contributed by atoms with Gasteiger partial charge in [0.1, 0.15) is 5.65 Å². The number of carbonyl (C=O) groups is 1. The molecule has 4 aromatic rings. The molecular weight excluding hydrogens is 368 g/mol. The highest BCUT2D eigenvalue weighted by molar-refractivity contribution is 5.92. The van der Waals surface area contributed by atoms with Crippen LogP contribution in [0.15, 0.2) is 36.9 Å². The van der Waals surface area contributed by atoms with Gasteiger partial charge in [0.25, 0.3) is 0 Å². The number of carbonyl (C=O) groups excluding carboxylic acids is 1. The summed E-state index contributed by atoms with van der Waals surface area (Å²) in [6.45, 7) is 2.01. The maximum absolute atomic E-state index is 12.3. The van der Waals surface area contributed by atoms with Crippen molar-refractivity contribution in [2.24, 2.45) is 5.41 Å². The molecule has 0 spiro atoms. The maximum Gasteiger partial charge on any atom is 0.228 e. The first-order chi connectivity index (χ1) is 13.9. The molecule has 0 aromatic carbocycles. The predicted molar refractivity (Wildman–Crippen MR) is 109 cm³/mol. The molecule has 0 bridgehead atoms. The van der Waals surface area contributed by atoms with Crippen LogP contribution in [0.3, 0.4) is 0 Å². The highest BCUT2D eigenvalue weighted by atomic mass is 16.2. The number of aromatic amines is 1. The molecule has 1 amide bonds. The number of anilines is 1. The van der Waals surface area contributed by atoms with Gasteiger partial charge in [0.2, 0.25) is 11.9 Å². The Bertz CT molecular complexity index is 1220. The fourth-order valence-corrected chi connectivity index (χ4v) is 4.17. The van der Waals surface area contributed by atoms with Crippen LogP contribution >= 0.6 is 0 Å². The average molecular weight is 390 g/mol. The Morgan fingerprint density at radius 1 is 1.31 bits per heavy atom. The lowest BCUT2D eigenvalue weighted by Crippen LogP contribution is -2.52. The molecule has 1 aliphatic carbocycles. The van der Waals surface area contributed by atoms with Crippen LogP contribution in [0.1, 0.15) is 19.8 Å².